The Morgan fingerprint density at radius 1 is 1.27 bits per heavy atom. The van der Waals surface area contributed by atoms with Crippen molar-refractivity contribution in [2.24, 2.45) is 0 Å². The van der Waals surface area contributed by atoms with Crippen molar-refractivity contribution in [3.63, 3.8) is 0 Å². The van der Waals surface area contributed by atoms with Gasteiger partial charge in [0.2, 0.25) is 5.88 Å². The highest BCUT2D eigenvalue weighted by Crippen LogP contribution is 2.34. The molecule has 26 heavy (non-hydrogen) atoms. The Kier molecular flexibility index (Phi) is 4.08. The third kappa shape index (κ3) is 2.69. The molecule has 3 aromatic rings. The lowest BCUT2D eigenvalue weighted by Gasteiger charge is -2.14. The second kappa shape index (κ2) is 6.55. The molecule has 2 heterocycles. The Morgan fingerprint density at radius 2 is 2.08 bits per heavy atom. The van der Waals surface area contributed by atoms with Crippen LogP contribution >= 0.6 is 0 Å². The molecule has 2 aromatic heterocycles. The minimum absolute atomic E-state index is 0.146. The second-order valence-corrected chi connectivity index (χ2v) is 6.02. The SMILES string of the molecule is CCc1c(Oc2nnnn2-c2ccccc2)nc2c(c1C(=O)O)CCC2. The van der Waals surface area contributed by atoms with Gasteiger partial charge in [-0.3, -0.25) is 0 Å². The molecule has 1 N–H and O–H groups in total. The minimum Gasteiger partial charge on any atom is -0.478 e. The normalized spacial score (nSPS) is 12.8. The molecule has 1 aromatic carbocycles. The van der Waals surface area contributed by atoms with Gasteiger partial charge in [0, 0.05) is 11.3 Å². The summed E-state index contributed by atoms with van der Waals surface area (Å²) in [6.45, 7) is 1.89. The van der Waals surface area contributed by atoms with Crippen LogP contribution in [0.25, 0.3) is 5.69 Å². The number of fused-ring (bicyclic) bond motifs is 1. The van der Waals surface area contributed by atoms with Crippen LogP contribution in [0.5, 0.6) is 11.9 Å². The van der Waals surface area contributed by atoms with Crippen LogP contribution in [0.15, 0.2) is 30.3 Å². The molecule has 0 bridgehead atoms. The molecule has 0 radical (unpaired) electrons. The number of benzene rings is 1. The Morgan fingerprint density at radius 3 is 2.81 bits per heavy atom. The van der Waals surface area contributed by atoms with Gasteiger partial charge in [0.15, 0.2) is 0 Å². The summed E-state index contributed by atoms with van der Waals surface area (Å²) in [5, 5.41) is 21.3. The van der Waals surface area contributed by atoms with Crippen LogP contribution in [0, 0.1) is 0 Å². The number of hydrogen-bond donors (Lipinski definition) is 1. The van der Waals surface area contributed by atoms with Crippen molar-refractivity contribution in [1.29, 1.82) is 0 Å². The fourth-order valence-electron chi connectivity index (χ4n) is 3.33. The zero-order chi connectivity index (χ0) is 18.1. The highest BCUT2D eigenvalue weighted by molar-refractivity contribution is 5.92. The highest BCUT2D eigenvalue weighted by Gasteiger charge is 2.27. The van der Waals surface area contributed by atoms with Gasteiger partial charge in [-0.05, 0) is 53.8 Å². The van der Waals surface area contributed by atoms with Gasteiger partial charge in [0.1, 0.15) is 0 Å². The number of carboxylic acids is 1. The summed E-state index contributed by atoms with van der Waals surface area (Å²) in [4.78, 5) is 16.4. The average molecular weight is 351 g/mol. The van der Waals surface area contributed by atoms with Crippen LogP contribution in [0.2, 0.25) is 0 Å². The van der Waals surface area contributed by atoms with Crippen molar-refractivity contribution in [2.45, 2.75) is 32.6 Å². The molecular weight excluding hydrogens is 334 g/mol. The van der Waals surface area contributed by atoms with E-state index in [9.17, 15) is 9.90 Å². The molecule has 0 saturated carbocycles. The van der Waals surface area contributed by atoms with E-state index in [0.717, 1.165) is 36.2 Å². The molecule has 0 saturated heterocycles. The van der Waals surface area contributed by atoms with Crippen LogP contribution < -0.4 is 4.74 Å². The molecule has 0 unspecified atom stereocenters. The molecule has 0 amide bonds. The van der Waals surface area contributed by atoms with Gasteiger partial charge in [-0.1, -0.05) is 30.2 Å². The monoisotopic (exact) mass is 351 g/mol. The number of rotatable bonds is 5. The Hall–Kier alpha value is -3.29. The lowest BCUT2D eigenvalue weighted by molar-refractivity contribution is 0.0694. The van der Waals surface area contributed by atoms with Crippen molar-refractivity contribution in [3.8, 4) is 17.6 Å². The maximum absolute atomic E-state index is 11.9. The van der Waals surface area contributed by atoms with E-state index in [1.165, 1.54) is 4.68 Å². The van der Waals surface area contributed by atoms with Crippen molar-refractivity contribution in [2.75, 3.05) is 0 Å². The van der Waals surface area contributed by atoms with Gasteiger partial charge in [-0.25, -0.2) is 9.78 Å². The third-order valence-corrected chi connectivity index (χ3v) is 4.48. The van der Waals surface area contributed by atoms with Crippen LogP contribution in [-0.2, 0) is 19.3 Å². The quantitative estimate of drug-likeness (QED) is 0.753. The molecule has 8 heteroatoms. The number of aromatic carboxylic acids is 1. The van der Waals surface area contributed by atoms with E-state index in [0.29, 0.717) is 17.5 Å². The van der Waals surface area contributed by atoms with Gasteiger partial charge >= 0.3 is 12.0 Å². The Labute approximate surface area is 149 Å². The van der Waals surface area contributed by atoms with E-state index in [2.05, 4.69) is 20.5 Å². The molecular formula is C18H17N5O3. The summed E-state index contributed by atoms with van der Waals surface area (Å²) in [5.74, 6) is -0.688. The number of nitrogens with zero attached hydrogens (tertiary/aromatic N) is 5. The molecule has 8 nitrogen and oxygen atoms in total. The fourth-order valence-corrected chi connectivity index (χ4v) is 3.33. The lowest BCUT2D eigenvalue weighted by atomic mass is 10.00. The number of hydrogen-bond acceptors (Lipinski definition) is 6. The number of aromatic nitrogens is 5. The molecule has 1 aliphatic rings. The molecule has 0 atom stereocenters. The highest BCUT2D eigenvalue weighted by atomic mass is 16.5. The van der Waals surface area contributed by atoms with Gasteiger partial charge in [-0.2, -0.15) is 4.68 Å². The van der Waals surface area contributed by atoms with E-state index < -0.39 is 5.97 Å². The molecule has 0 spiro atoms. The topological polar surface area (TPSA) is 103 Å². The predicted molar refractivity (Wildman–Crippen MR) is 91.8 cm³/mol. The zero-order valence-corrected chi connectivity index (χ0v) is 14.2. The van der Waals surface area contributed by atoms with Crippen molar-refractivity contribution < 1.29 is 14.6 Å². The third-order valence-electron chi connectivity index (χ3n) is 4.48. The minimum atomic E-state index is -0.949. The molecule has 4 rings (SSSR count). The fraction of sp³-hybridized carbons (Fsp3) is 0.278. The first kappa shape index (κ1) is 16.2. The summed E-state index contributed by atoms with van der Waals surface area (Å²) in [6.07, 6.45) is 2.87. The number of tetrazole rings is 1. The summed E-state index contributed by atoms with van der Waals surface area (Å²) in [6, 6.07) is 9.48. The van der Waals surface area contributed by atoms with Crippen LogP contribution in [0.4, 0.5) is 0 Å². The molecule has 0 fully saturated rings. The van der Waals surface area contributed by atoms with E-state index in [1.807, 2.05) is 37.3 Å². The van der Waals surface area contributed by atoms with E-state index in [4.69, 9.17) is 4.74 Å². The largest absolute Gasteiger partial charge is 0.478 e. The van der Waals surface area contributed by atoms with E-state index >= 15 is 0 Å². The lowest BCUT2D eigenvalue weighted by Crippen LogP contribution is -2.12. The smallest absolute Gasteiger partial charge is 0.347 e. The Bertz CT molecular complexity index is 968. The molecule has 132 valence electrons. The van der Waals surface area contributed by atoms with Crippen molar-refractivity contribution >= 4 is 5.97 Å². The maximum Gasteiger partial charge on any atom is 0.347 e. The van der Waals surface area contributed by atoms with E-state index in [-0.39, 0.29) is 11.9 Å². The molecule has 0 aliphatic heterocycles. The second-order valence-electron chi connectivity index (χ2n) is 6.02. The standard InChI is InChI=1S/C18H17N5O3/c1-2-12-15(17(24)25)13-9-6-10-14(13)19-16(12)26-18-20-21-22-23(18)11-7-4-3-5-8-11/h3-5,7-8H,2,6,9-10H2,1H3,(H,24,25). The van der Waals surface area contributed by atoms with Gasteiger partial charge in [0.25, 0.3) is 0 Å². The first-order chi connectivity index (χ1) is 12.7. The van der Waals surface area contributed by atoms with Gasteiger partial charge < -0.3 is 9.84 Å². The number of para-hydroxylation sites is 1. The van der Waals surface area contributed by atoms with Crippen LogP contribution in [0.3, 0.4) is 0 Å². The summed E-state index contributed by atoms with van der Waals surface area (Å²) in [5.41, 5.74) is 3.23. The van der Waals surface area contributed by atoms with E-state index in [1.54, 1.807) is 0 Å². The summed E-state index contributed by atoms with van der Waals surface area (Å²) < 4.78 is 7.35. The zero-order valence-electron chi connectivity index (χ0n) is 14.2. The van der Waals surface area contributed by atoms with Crippen LogP contribution in [0.1, 0.15) is 40.5 Å². The first-order valence-electron chi connectivity index (χ1n) is 8.48. The summed E-state index contributed by atoms with van der Waals surface area (Å²) >= 11 is 0. The number of ether oxygens (including phenoxy) is 1. The predicted octanol–water partition coefficient (Wildman–Crippen LogP) is 2.60. The summed E-state index contributed by atoms with van der Waals surface area (Å²) in [7, 11) is 0. The first-order valence-corrected chi connectivity index (χ1v) is 8.48. The number of carbonyl (C=O) groups is 1. The maximum atomic E-state index is 11.9. The van der Waals surface area contributed by atoms with Crippen molar-refractivity contribution in [1.82, 2.24) is 25.2 Å². The van der Waals surface area contributed by atoms with Gasteiger partial charge in [0.05, 0.1) is 11.3 Å². The van der Waals surface area contributed by atoms with Crippen molar-refractivity contribution in [3.05, 3.63) is 52.7 Å². The number of aryl methyl sites for hydroxylation is 1. The molecule has 1 aliphatic carbocycles. The number of pyridine rings is 1. The van der Waals surface area contributed by atoms with Gasteiger partial charge in [-0.15, -0.1) is 0 Å². The average Bonchev–Trinajstić information content (AvgIpc) is 3.30. The van der Waals surface area contributed by atoms with Crippen LogP contribution in [-0.4, -0.2) is 36.3 Å². The Balaban J connectivity index is 1.80. The number of carboxylic acid groups (broad SMARTS) is 1.